The quantitative estimate of drug-likeness (QED) is 0.0376. The van der Waals surface area contributed by atoms with Crippen molar-refractivity contribution in [2.45, 2.75) is 214 Å². The molecule has 0 saturated heterocycles. The van der Waals surface area contributed by atoms with Gasteiger partial charge < -0.3 is 17.8 Å². The predicted molar refractivity (Wildman–Crippen MR) is 202 cm³/mol. The summed E-state index contributed by atoms with van der Waals surface area (Å²) in [4.78, 5) is 0. The predicted octanol–water partition coefficient (Wildman–Crippen LogP) is 13.1. The molecule has 4 nitrogen and oxygen atoms in total. The summed E-state index contributed by atoms with van der Waals surface area (Å²) in [5.74, 6) is 0. The second-order valence-electron chi connectivity index (χ2n) is 14.5. The highest BCUT2D eigenvalue weighted by Gasteiger charge is 2.41. The van der Waals surface area contributed by atoms with Crippen molar-refractivity contribution in [3.63, 3.8) is 0 Å². The summed E-state index contributed by atoms with van der Waals surface area (Å²) in [6.45, 7) is 17.6. The molecule has 0 spiro atoms. The zero-order valence-electron chi connectivity index (χ0n) is 32.2. The van der Waals surface area contributed by atoms with Crippen LogP contribution in [-0.2, 0) is 13.3 Å². The Bertz CT molecular complexity index is 525. The Labute approximate surface area is 286 Å². The van der Waals surface area contributed by atoms with Gasteiger partial charge in [-0.25, -0.2) is 0 Å². The molecule has 0 aliphatic rings. The van der Waals surface area contributed by atoms with Crippen LogP contribution in [0.5, 0.6) is 0 Å². The van der Waals surface area contributed by atoms with Crippen molar-refractivity contribution in [1.82, 2.24) is 0 Å². The second-order valence-corrected chi connectivity index (χ2v) is 17.3. The Hall–Kier alpha value is 0.0569. The molecule has 0 rings (SSSR count). The molecule has 0 aromatic carbocycles. The minimum absolute atomic E-state index is 0.782. The van der Waals surface area contributed by atoms with E-state index in [0.717, 1.165) is 70.8 Å². The Balaban J connectivity index is 4.98. The van der Waals surface area contributed by atoms with Gasteiger partial charge in [0, 0.05) is 32.3 Å². The monoisotopic (exact) mass is 657 g/mol. The molecule has 0 aliphatic carbocycles. The maximum absolute atomic E-state index is 6.60. The van der Waals surface area contributed by atoms with Crippen LogP contribution in [0.15, 0.2) is 0 Å². The van der Waals surface area contributed by atoms with Gasteiger partial charge in [0.25, 0.3) is 0 Å². The molecule has 45 heavy (non-hydrogen) atoms. The van der Waals surface area contributed by atoms with Crippen LogP contribution in [0.1, 0.15) is 208 Å². The lowest BCUT2D eigenvalue weighted by molar-refractivity contribution is -0.910. The summed E-state index contributed by atoms with van der Waals surface area (Å²) >= 11 is 0. The summed E-state index contributed by atoms with van der Waals surface area (Å²) in [6.07, 6.45) is 36.2. The SMILES string of the molecule is CCCCCCCCCCCC[N+](C)(CCCCCCCCCCCC)CCC[Si](OCCCC)(OCCCC)OCCCC. The van der Waals surface area contributed by atoms with Crippen molar-refractivity contribution < 1.29 is 17.8 Å². The van der Waals surface area contributed by atoms with Crippen LogP contribution in [0.2, 0.25) is 6.04 Å². The van der Waals surface area contributed by atoms with Crippen LogP contribution in [0.3, 0.4) is 0 Å². The van der Waals surface area contributed by atoms with E-state index < -0.39 is 8.80 Å². The third kappa shape index (κ3) is 28.8. The van der Waals surface area contributed by atoms with Gasteiger partial charge in [0.1, 0.15) is 0 Å². The highest BCUT2D eigenvalue weighted by atomic mass is 28.4. The Morgan fingerprint density at radius 1 is 0.333 bits per heavy atom. The first-order valence-corrected chi connectivity index (χ1v) is 22.7. The summed E-state index contributed by atoms with van der Waals surface area (Å²) in [6, 6.07) is 0.980. The maximum atomic E-state index is 6.60. The third-order valence-corrected chi connectivity index (χ3v) is 12.6. The number of hydrogen-bond donors (Lipinski definition) is 0. The van der Waals surface area contributed by atoms with E-state index in [1.807, 2.05) is 0 Å². The summed E-state index contributed by atoms with van der Waals surface area (Å²) in [7, 11) is -0.0939. The van der Waals surface area contributed by atoms with Crippen LogP contribution in [0.25, 0.3) is 0 Å². The van der Waals surface area contributed by atoms with E-state index >= 15 is 0 Å². The topological polar surface area (TPSA) is 27.7 Å². The first-order chi connectivity index (χ1) is 22.0. The molecule has 0 N–H and O–H groups in total. The van der Waals surface area contributed by atoms with E-state index in [0.29, 0.717) is 0 Å². The van der Waals surface area contributed by atoms with Crippen molar-refractivity contribution in [3.8, 4) is 0 Å². The van der Waals surface area contributed by atoms with Crippen molar-refractivity contribution in [2.75, 3.05) is 46.5 Å². The molecule has 0 bridgehead atoms. The lowest BCUT2D eigenvalue weighted by atomic mass is 10.1. The summed E-state index contributed by atoms with van der Waals surface area (Å²) in [5, 5.41) is 0. The molecular formula is C40H86NO3Si+. The molecule has 0 aromatic heterocycles. The average molecular weight is 657 g/mol. The molecular weight excluding hydrogens is 571 g/mol. The van der Waals surface area contributed by atoms with Gasteiger partial charge in [-0.05, 0) is 44.9 Å². The van der Waals surface area contributed by atoms with Crippen molar-refractivity contribution in [3.05, 3.63) is 0 Å². The first kappa shape index (κ1) is 45.1. The highest BCUT2D eigenvalue weighted by Crippen LogP contribution is 2.23. The normalized spacial score (nSPS) is 12.4. The van der Waals surface area contributed by atoms with Crippen molar-refractivity contribution >= 4 is 8.80 Å². The fourth-order valence-corrected chi connectivity index (χ4v) is 9.07. The van der Waals surface area contributed by atoms with E-state index in [1.54, 1.807) is 0 Å². The number of nitrogens with zero attached hydrogens (tertiary/aromatic N) is 1. The number of quaternary nitrogens is 1. The third-order valence-electron chi connectivity index (χ3n) is 9.74. The average Bonchev–Trinajstić information content (AvgIpc) is 3.03. The van der Waals surface area contributed by atoms with Gasteiger partial charge in [-0.2, -0.15) is 0 Å². The molecule has 0 unspecified atom stereocenters. The van der Waals surface area contributed by atoms with Gasteiger partial charge in [0.15, 0.2) is 0 Å². The number of hydrogen-bond acceptors (Lipinski definition) is 3. The van der Waals surface area contributed by atoms with E-state index in [2.05, 4.69) is 41.7 Å². The molecule has 0 amide bonds. The Kier molecular flexibility index (Phi) is 34.0. The molecule has 0 aromatic rings. The van der Waals surface area contributed by atoms with Gasteiger partial charge >= 0.3 is 8.80 Å². The number of rotatable bonds is 38. The summed E-state index contributed by atoms with van der Waals surface area (Å²) in [5.41, 5.74) is 0. The van der Waals surface area contributed by atoms with Gasteiger partial charge in [-0.3, -0.25) is 0 Å². The van der Waals surface area contributed by atoms with Gasteiger partial charge in [0.2, 0.25) is 0 Å². The minimum atomic E-state index is -2.65. The van der Waals surface area contributed by atoms with E-state index in [-0.39, 0.29) is 0 Å². The standard InChI is InChI=1S/C40H86NO3Si/c1-7-12-17-19-21-23-25-27-29-31-34-41(6,35-32-30-28-26-24-22-20-18-13-8-2)36-33-40-45(42-37-14-9-3,43-38-15-10-4)44-39-16-11-5/h7-40H2,1-6H3/q+1. The smallest absolute Gasteiger partial charge is 0.373 e. The zero-order chi connectivity index (χ0) is 33.2. The lowest BCUT2D eigenvalue weighted by Gasteiger charge is -2.36. The molecule has 5 heteroatoms. The van der Waals surface area contributed by atoms with E-state index in [4.69, 9.17) is 13.3 Å². The molecule has 0 heterocycles. The van der Waals surface area contributed by atoms with Crippen LogP contribution in [-0.4, -0.2) is 59.8 Å². The van der Waals surface area contributed by atoms with E-state index in [9.17, 15) is 0 Å². The summed E-state index contributed by atoms with van der Waals surface area (Å²) < 4.78 is 21.0. The van der Waals surface area contributed by atoms with Crippen molar-refractivity contribution in [2.24, 2.45) is 0 Å². The zero-order valence-corrected chi connectivity index (χ0v) is 33.2. The van der Waals surface area contributed by atoms with Gasteiger partial charge in [-0.15, -0.1) is 0 Å². The lowest BCUT2D eigenvalue weighted by Crippen LogP contribution is -2.50. The maximum Gasteiger partial charge on any atom is 0.501 e. The van der Waals surface area contributed by atoms with E-state index in [1.165, 1.54) is 153 Å². The number of unbranched alkanes of at least 4 members (excludes halogenated alkanes) is 21. The minimum Gasteiger partial charge on any atom is -0.373 e. The van der Waals surface area contributed by atoms with Crippen LogP contribution in [0.4, 0.5) is 0 Å². The second kappa shape index (κ2) is 33.9. The fourth-order valence-electron chi connectivity index (χ4n) is 6.43. The fraction of sp³-hybridized carbons (Fsp3) is 1.00. The first-order valence-electron chi connectivity index (χ1n) is 20.8. The highest BCUT2D eigenvalue weighted by molar-refractivity contribution is 6.60. The molecule has 0 saturated carbocycles. The molecule has 0 atom stereocenters. The Morgan fingerprint density at radius 3 is 0.911 bits per heavy atom. The largest absolute Gasteiger partial charge is 0.501 e. The molecule has 0 radical (unpaired) electrons. The molecule has 0 aliphatic heterocycles. The van der Waals surface area contributed by atoms with Crippen LogP contribution in [0, 0.1) is 0 Å². The van der Waals surface area contributed by atoms with Gasteiger partial charge in [-0.1, -0.05) is 157 Å². The van der Waals surface area contributed by atoms with Crippen LogP contribution < -0.4 is 0 Å². The van der Waals surface area contributed by atoms with Crippen LogP contribution >= 0.6 is 0 Å². The van der Waals surface area contributed by atoms with Crippen molar-refractivity contribution in [1.29, 1.82) is 0 Å². The Morgan fingerprint density at radius 2 is 0.600 bits per heavy atom. The molecule has 0 fully saturated rings. The van der Waals surface area contributed by atoms with Gasteiger partial charge in [0.05, 0.1) is 26.7 Å². The molecule has 272 valence electrons.